The van der Waals surface area contributed by atoms with Gasteiger partial charge in [0.2, 0.25) is 11.8 Å². The average Bonchev–Trinajstić information content (AvgIpc) is 2.75. The molecule has 2 fully saturated rings. The first-order chi connectivity index (χ1) is 14.8. The van der Waals surface area contributed by atoms with Crippen molar-refractivity contribution >= 4 is 17.8 Å². The van der Waals surface area contributed by atoms with Crippen LogP contribution >= 0.6 is 0 Å². The summed E-state index contributed by atoms with van der Waals surface area (Å²) in [5, 5.41) is 0. The lowest BCUT2D eigenvalue weighted by Gasteiger charge is -2.41. The van der Waals surface area contributed by atoms with E-state index in [2.05, 4.69) is 0 Å². The molecule has 0 N–H and O–H groups in total. The summed E-state index contributed by atoms with van der Waals surface area (Å²) >= 11 is 0. The van der Waals surface area contributed by atoms with Crippen LogP contribution in [-0.2, 0) is 25.5 Å². The highest BCUT2D eigenvalue weighted by Gasteiger charge is 2.45. The Morgan fingerprint density at radius 2 is 1.97 bits per heavy atom. The zero-order valence-corrected chi connectivity index (χ0v) is 18.0. The largest absolute Gasteiger partial charge is 0.466 e. The molecule has 1 aromatic rings. The Labute approximate surface area is 181 Å². The monoisotopic (exact) mass is 436 g/mol. The first-order valence-electron chi connectivity index (χ1n) is 11.0. The van der Waals surface area contributed by atoms with Gasteiger partial charge in [-0.05, 0) is 50.7 Å². The fourth-order valence-electron chi connectivity index (χ4n) is 4.53. The molecule has 2 amide bonds. The molecule has 2 aliphatic rings. The Hall–Kier alpha value is -2.51. The normalized spacial score (nSPS) is 21.8. The van der Waals surface area contributed by atoms with Crippen LogP contribution in [0, 0.1) is 17.0 Å². The highest BCUT2D eigenvalue weighted by atomic mass is 19.1. The fraction of sp³-hybridized carbons (Fsp3) is 0.609. The molecule has 170 valence electrons. The summed E-state index contributed by atoms with van der Waals surface area (Å²) in [4.78, 5) is 41.1. The number of rotatable bonds is 7. The van der Waals surface area contributed by atoms with Gasteiger partial charge in [0.15, 0.2) is 0 Å². The van der Waals surface area contributed by atoms with Crippen LogP contribution in [0.4, 0.5) is 8.78 Å². The second kappa shape index (κ2) is 10.2. The molecule has 6 nitrogen and oxygen atoms in total. The van der Waals surface area contributed by atoms with E-state index < -0.39 is 23.0 Å². The van der Waals surface area contributed by atoms with Crippen LogP contribution in [0.5, 0.6) is 0 Å². The zero-order valence-electron chi connectivity index (χ0n) is 18.0. The van der Waals surface area contributed by atoms with Gasteiger partial charge in [0, 0.05) is 45.1 Å². The summed E-state index contributed by atoms with van der Waals surface area (Å²) in [5.41, 5.74) is -0.855. The van der Waals surface area contributed by atoms with Crippen LogP contribution in [0.15, 0.2) is 18.2 Å². The third-order valence-electron chi connectivity index (χ3n) is 6.20. The molecule has 2 saturated heterocycles. The molecule has 8 heteroatoms. The number of amides is 2. The summed E-state index contributed by atoms with van der Waals surface area (Å²) in [6, 6.07) is 3.31. The highest BCUT2D eigenvalue weighted by molar-refractivity contribution is 5.82. The minimum atomic E-state index is -1.08. The van der Waals surface area contributed by atoms with Gasteiger partial charge in [-0.1, -0.05) is 6.07 Å². The van der Waals surface area contributed by atoms with Crippen molar-refractivity contribution in [3.63, 3.8) is 0 Å². The van der Waals surface area contributed by atoms with E-state index in [1.54, 1.807) is 16.7 Å². The SMILES string of the molecule is CCOC(=O)[C@@]1(Cc2ccc(F)cc2F)CCCN(C(=O)CCN2CCCCC2=O)C1. The predicted octanol–water partition coefficient (Wildman–Crippen LogP) is 3.08. The molecular weight excluding hydrogens is 406 g/mol. The van der Waals surface area contributed by atoms with Crippen LogP contribution in [0.1, 0.15) is 51.0 Å². The van der Waals surface area contributed by atoms with Gasteiger partial charge >= 0.3 is 5.97 Å². The van der Waals surface area contributed by atoms with Gasteiger partial charge in [0.1, 0.15) is 11.6 Å². The van der Waals surface area contributed by atoms with Gasteiger partial charge < -0.3 is 14.5 Å². The fourth-order valence-corrected chi connectivity index (χ4v) is 4.53. The van der Waals surface area contributed by atoms with Gasteiger partial charge in [0.05, 0.1) is 12.0 Å². The van der Waals surface area contributed by atoms with Crippen molar-refractivity contribution in [1.82, 2.24) is 9.80 Å². The molecule has 1 aromatic carbocycles. The first-order valence-corrected chi connectivity index (χ1v) is 11.0. The third kappa shape index (κ3) is 5.60. The smallest absolute Gasteiger partial charge is 0.314 e. The second-order valence-corrected chi connectivity index (χ2v) is 8.42. The highest BCUT2D eigenvalue weighted by Crippen LogP contribution is 2.36. The zero-order chi connectivity index (χ0) is 22.4. The lowest BCUT2D eigenvalue weighted by atomic mass is 9.74. The van der Waals surface area contributed by atoms with Gasteiger partial charge in [-0.15, -0.1) is 0 Å². The summed E-state index contributed by atoms with van der Waals surface area (Å²) in [6.45, 7) is 3.54. The molecule has 0 bridgehead atoms. The summed E-state index contributed by atoms with van der Waals surface area (Å²) < 4.78 is 32.9. The number of likely N-dealkylation sites (tertiary alicyclic amines) is 2. The van der Waals surface area contributed by atoms with E-state index in [1.807, 2.05) is 0 Å². The molecule has 3 rings (SSSR count). The lowest BCUT2D eigenvalue weighted by molar-refractivity contribution is -0.160. The number of nitrogens with zero attached hydrogens (tertiary/aromatic N) is 2. The maximum atomic E-state index is 14.3. The molecule has 2 heterocycles. The van der Waals surface area contributed by atoms with Crippen molar-refractivity contribution in [2.45, 2.75) is 51.9 Å². The minimum absolute atomic E-state index is 0.0341. The van der Waals surface area contributed by atoms with Crippen molar-refractivity contribution in [1.29, 1.82) is 0 Å². The molecule has 0 aliphatic carbocycles. The number of carbonyl (C=O) groups excluding carboxylic acids is 3. The van der Waals surface area contributed by atoms with E-state index in [9.17, 15) is 23.2 Å². The Kier molecular flexibility index (Phi) is 7.62. The Bertz CT molecular complexity index is 832. The number of ether oxygens (including phenoxy) is 1. The number of benzene rings is 1. The standard InChI is InChI=1S/C23H30F2N2O4/c1-2-31-22(30)23(15-17-7-8-18(24)14-19(17)25)10-5-12-27(16-23)21(29)9-13-26-11-4-3-6-20(26)28/h7-8,14H,2-6,9-13,15-16H2,1H3/t23-/m1/s1. The molecule has 0 unspecified atom stereocenters. The number of halogens is 2. The van der Waals surface area contributed by atoms with Crippen molar-refractivity contribution in [3.8, 4) is 0 Å². The molecule has 0 spiro atoms. The Morgan fingerprint density at radius 1 is 1.16 bits per heavy atom. The van der Waals surface area contributed by atoms with Crippen LogP contribution in [0.25, 0.3) is 0 Å². The van der Waals surface area contributed by atoms with Crippen molar-refractivity contribution in [2.75, 3.05) is 32.8 Å². The molecule has 0 aromatic heterocycles. The average molecular weight is 436 g/mol. The third-order valence-corrected chi connectivity index (χ3v) is 6.20. The van der Waals surface area contributed by atoms with E-state index in [0.717, 1.165) is 18.9 Å². The maximum absolute atomic E-state index is 14.3. The van der Waals surface area contributed by atoms with Gasteiger partial charge in [-0.25, -0.2) is 8.78 Å². The van der Waals surface area contributed by atoms with Crippen LogP contribution in [0.3, 0.4) is 0 Å². The molecule has 0 radical (unpaired) electrons. The number of hydrogen-bond acceptors (Lipinski definition) is 4. The molecule has 31 heavy (non-hydrogen) atoms. The molecule has 0 saturated carbocycles. The maximum Gasteiger partial charge on any atom is 0.314 e. The van der Waals surface area contributed by atoms with E-state index in [-0.39, 0.29) is 43.4 Å². The molecule has 2 aliphatic heterocycles. The van der Waals surface area contributed by atoms with Gasteiger partial charge in [-0.3, -0.25) is 14.4 Å². The quantitative estimate of drug-likeness (QED) is 0.616. The molecular formula is C23H30F2N2O4. The number of esters is 1. The van der Waals surface area contributed by atoms with E-state index >= 15 is 0 Å². The Balaban J connectivity index is 1.72. The minimum Gasteiger partial charge on any atom is -0.466 e. The summed E-state index contributed by atoms with van der Waals surface area (Å²) in [6.07, 6.45) is 3.61. The summed E-state index contributed by atoms with van der Waals surface area (Å²) in [7, 11) is 0. The van der Waals surface area contributed by atoms with Gasteiger partial charge in [0.25, 0.3) is 0 Å². The van der Waals surface area contributed by atoms with Crippen molar-refractivity contribution in [3.05, 3.63) is 35.4 Å². The first kappa shape index (κ1) is 23.2. The molecule has 1 atom stereocenters. The van der Waals surface area contributed by atoms with E-state index in [4.69, 9.17) is 4.74 Å². The van der Waals surface area contributed by atoms with Crippen molar-refractivity contribution < 1.29 is 27.9 Å². The predicted molar refractivity (Wildman–Crippen MR) is 110 cm³/mol. The van der Waals surface area contributed by atoms with E-state index in [0.29, 0.717) is 38.9 Å². The van der Waals surface area contributed by atoms with Gasteiger partial charge in [-0.2, -0.15) is 0 Å². The second-order valence-electron chi connectivity index (χ2n) is 8.42. The topological polar surface area (TPSA) is 66.9 Å². The van der Waals surface area contributed by atoms with Crippen LogP contribution < -0.4 is 0 Å². The van der Waals surface area contributed by atoms with Crippen LogP contribution in [-0.4, -0.2) is 60.4 Å². The lowest BCUT2D eigenvalue weighted by Crippen LogP contribution is -2.52. The van der Waals surface area contributed by atoms with Crippen LogP contribution in [0.2, 0.25) is 0 Å². The number of hydrogen-bond donors (Lipinski definition) is 0. The number of carbonyl (C=O) groups is 3. The Morgan fingerprint density at radius 3 is 2.68 bits per heavy atom. The van der Waals surface area contributed by atoms with E-state index in [1.165, 1.54) is 12.1 Å². The summed E-state index contributed by atoms with van der Waals surface area (Å²) in [5.74, 6) is -1.92. The number of piperidine rings is 2. The van der Waals surface area contributed by atoms with Crippen molar-refractivity contribution in [2.24, 2.45) is 5.41 Å².